The third kappa shape index (κ3) is 6.42. The third-order valence-electron chi connectivity index (χ3n) is 10.5. The second-order valence-electron chi connectivity index (χ2n) is 13.4. The van der Waals surface area contributed by atoms with E-state index in [0.717, 1.165) is 46.4 Å². The molecule has 2 N–H and O–H groups in total. The van der Waals surface area contributed by atoms with Crippen molar-refractivity contribution >= 4 is 34.6 Å². The molecule has 2 saturated heterocycles. The number of carbonyl (C=O) groups excluding carboxylic acids is 3. The lowest BCUT2D eigenvalue weighted by atomic mass is 9.94. The summed E-state index contributed by atoms with van der Waals surface area (Å²) in [5, 5.41) is 11.2. The van der Waals surface area contributed by atoms with E-state index in [9.17, 15) is 14.4 Å². The first-order valence-electron chi connectivity index (χ1n) is 17.0. The molecular formula is C35H45N7O4. The van der Waals surface area contributed by atoms with E-state index < -0.39 is 12.2 Å². The number of benzene rings is 2. The molecule has 7 rings (SSSR count). The molecule has 1 aromatic heterocycles. The maximum Gasteiger partial charge on any atom is 0.410 e. The van der Waals surface area contributed by atoms with Crippen LogP contribution in [0.25, 0.3) is 10.9 Å². The molecule has 244 valence electrons. The number of hydrogen-bond acceptors (Lipinski definition) is 6. The van der Waals surface area contributed by atoms with Crippen LogP contribution in [0.3, 0.4) is 0 Å². The van der Waals surface area contributed by atoms with Gasteiger partial charge in [-0.2, -0.15) is 5.10 Å². The Morgan fingerprint density at radius 3 is 2.48 bits per heavy atom. The molecule has 0 radical (unpaired) electrons. The molecule has 4 amide bonds. The summed E-state index contributed by atoms with van der Waals surface area (Å²) in [7, 11) is 0. The van der Waals surface area contributed by atoms with Gasteiger partial charge in [0.1, 0.15) is 0 Å². The summed E-state index contributed by atoms with van der Waals surface area (Å²) < 4.78 is 6.10. The van der Waals surface area contributed by atoms with Crippen LogP contribution in [-0.2, 0) is 22.5 Å². The van der Waals surface area contributed by atoms with E-state index in [1.807, 2.05) is 53.1 Å². The maximum absolute atomic E-state index is 14.0. The second kappa shape index (κ2) is 13.3. The number of ether oxygens (including phenoxy) is 1. The van der Waals surface area contributed by atoms with E-state index in [0.29, 0.717) is 58.0 Å². The van der Waals surface area contributed by atoms with Crippen LogP contribution in [0.1, 0.15) is 61.6 Å². The van der Waals surface area contributed by atoms with Crippen LogP contribution in [0.4, 0.5) is 15.3 Å². The topological polar surface area (TPSA) is 114 Å². The zero-order valence-corrected chi connectivity index (χ0v) is 26.7. The first-order chi connectivity index (χ1) is 22.4. The van der Waals surface area contributed by atoms with Gasteiger partial charge in [0, 0.05) is 75.4 Å². The molecule has 1 atom stereocenters. The van der Waals surface area contributed by atoms with Crippen LogP contribution in [0.15, 0.2) is 42.6 Å². The number of amides is 4. The minimum Gasteiger partial charge on any atom is -0.436 e. The van der Waals surface area contributed by atoms with E-state index in [2.05, 4.69) is 20.4 Å². The van der Waals surface area contributed by atoms with Gasteiger partial charge in [-0.25, -0.2) is 9.59 Å². The van der Waals surface area contributed by atoms with Gasteiger partial charge in [0.05, 0.1) is 11.7 Å². The number of rotatable bonds is 6. The summed E-state index contributed by atoms with van der Waals surface area (Å²) in [6.07, 6.45) is 8.41. The summed E-state index contributed by atoms with van der Waals surface area (Å²) in [6, 6.07) is 12.5. The number of hydrogen-bond donors (Lipinski definition) is 2. The summed E-state index contributed by atoms with van der Waals surface area (Å²) in [6.45, 7) is 6.53. The predicted octanol–water partition coefficient (Wildman–Crippen LogP) is 4.91. The van der Waals surface area contributed by atoms with E-state index >= 15 is 0 Å². The number of fused-ring (bicyclic) bond motifs is 2. The molecule has 0 bridgehead atoms. The van der Waals surface area contributed by atoms with Crippen molar-refractivity contribution < 1.29 is 19.1 Å². The number of urea groups is 1. The van der Waals surface area contributed by atoms with Crippen molar-refractivity contribution in [3.63, 3.8) is 0 Å². The highest BCUT2D eigenvalue weighted by Crippen LogP contribution is 2.29. The van der Waals surface area contributed by atoms with E-state index in [4.69, 9.17) is 4.74 Å². The van der Waals surface area contributed by atoms with Gasteiger partial charge in [0.2, 0.25) is 0 Å². The number of para-hydroxylation sites is 1. The Balaban J connectivity index is 1.01. The van der Waals surface area contributed by atoms with Crippen LogP contribution < -0.4 is 5.32 Å². The molecule has 11 heteroatoms. The summed E-state index contributed by atoms with van der Waals surface area (Å²) in [5.41, 5.74) is 4.89. The number of likely N-dealkylation sites (tertiary alicyclic amines) is 1. The predicted molar refractivity (Wildman–Crippen MR) is 175 cm³/mol. The molecule has 46 heavy (non-hydrogen) atoms. The van der Waals surface area contributed by atoms with E-state index in [1.165, 1.54) is 32.1 Å². The molecule has 1 unspecified atom stereocenters. The number of aryl methyl sites for hydroxylation is 1. The summed E-state index contributed by atoms with van der Waals surface area (Å²) in [5.74, 6) is -0.125. The van der Waals surface area contributed by atoms with Crippen molar-refractivity contribution in [2.45, 2.75) is 83.0 Å². The minimum atomic E-state index is -0.917. The van der Waals surface area contributed by atoms with E-state index in [1.54, 1.807) is 11.1 Å². The molecule has 3 aromatic rings. The van der Waals surface area contributed by atoms with Crippen LogP contribution >= 0.6 is 0 Å². The molecule has 2 aromatic carbocycles. The lowest BCUT2D eigenvalue weighted by Gasteiger charge is -2.42. The average molecular weight is 628 g/mol. The highest BCUT2D eigenvalue weighted by Gasteiger charge is 2.36. The molecule has 11 nitrogen and oxygen atoms in total. The average Bonchev–Trinajstić information content (AvgIpc) is 3.57. The van der Waals surface area contributed by atoms with Crippen LogP contribution in [0.5, 0.6) is 0 Å². The fourth-order valence-corrected chi connectivity index (χ4v) is 7.85. The first kappa shape index (κ1) is 30.5. The fraction of sp³-hybridized carbons (Fsp3) is 0.543. The summed E-state index contributed by atoms with van der Waals surface area (Å²) >= 11 is 0. The number of piperidine rings is 1. The Hall–Kier alpha value is -4.12. The zero-order chi connectivity index (χ0) is 31.6. The maximum atomic E-state index is 14.0. The van der Waals surface area contributed by atoms with Gasteiger partial charge in [0.25, 0.3) is 5.91 Å². The molecule has 4 heterocycles. The quantitative estimate of drug-likeness (QED) is 0.402. The van der Waals surface area contributed by atoms with Gasteiger partial charge in [-0.3, -0.25) is 14.8 Å². The monoisotopic (exact) mass is 627 g/mol. The Labute approximate surface area is 270 Å². The number of aromatic amines is 1. The van der Waals surface area contributed by atoms with Crippen molar-refractivity contribution in [3.8, 4) is 0 Å². The second-order valence-corrected chi connectivity index (χ2v) is 13.4. The lowest BCUT2D eigenvalue weighted by Crippen LogP contribution is -2.55. The SMILES string of the molecule is Cc1cc(CC(OC(=O)N2CCC(N3Cc4ccccc4NC3=O)CC2)C(=O)N2CCN(C3CCCCC3)CC2)cc2cn[nH]c12. The lowest BCUT2D eigenvalue weighted by molar-refractivity contribution is -0.143. The standard InChI is InChI=1S/C35H45N7O4/c1-24-19-25(20-27-22-36-38-32(24)27)21-31(33(43)40-17-15-39(16-18-40)28-8-3-2-4-9-28)46-35(45)41-13-11-29(12-14-41)42-23-26-7-5-6-10-30(26)37-34(42)44/h5-7,10,19-20,22,28-29,31H,2-4,8-9,11-18,21,23H2,1H3,(H,36,38)(H,37,44). The number of nitrogens with one attached hydrogen (secondary N) is 2. The van der Waals surface area contributed by atoms with Crippen molar-refractivity contribution in [3.05, 3.63) is 59.3 Å². The van der Waals surface area contributed by atoms with E-state index in [-0.39, 0.29) is 18.0 Å². The minimum absolute atomic E-state index is 0.0277. The molecule has 3 aliphatic heterocycles. The number of H-pyrrole nitrogens is 1. The van der Waals surface area contributed by atoms with Gasteiger partial charge < -0.3 is 24.8 Å². The van der Waals surface area contributed by atoms with Crippen molar-refractivity contribution in [1.82, 2.24) is 29.8 Å². The van der Waals surface area contributed by atoms with Gasteiger partial charge in [-0.05, 0) is 61.4 Å². The van der Waals surface area contributed by atoms with Crippen LogP contribution in [0.2, 0.25) is 0 Å². The Bertz CT molecular complexity index is 1570. The highest BCUT2D eigenvalue weighted by atomic mass is 16.6. The van der Waals surface area contributed by atoms with Gasteiger partial charge in [-0.1, -0.05) is 43.5 Å². The molecule has 3 fully saturated rings. The first-order valence-corrected chi connectivity index (χ1v) is 17.0. The normalized spacial score (nSPS) is 20.8. The van der Waals surface area contributed by atoms with Crippen LogP contribution in [-0.4, -0.2) is 105 Å². The molecule has 4 aliphatic rings. The fourth-order valence-electron chi connectivity index (χ4n) is 7.85. The van der Waals surface area contributed by atoms with Crippen molar-refractivity contribution in [2.24, 2.45) is 0 Å². The number of aromatic nitrogens is 2. The molecule has 0 spiro atoms. The van der Waals surface area contributed by atoms with Gasteiger partial charge in [-0.15, -0.1) is 0 Å². The highest BCUT2D eigenvalue weighted by molar-refractivity contribution is 5.92. The zero-order valence-electron chi connectivity index (χ0n) is 26.7. The van der Waals surface area contributed by atoms with Gasteiger partial charge in [0.15, 0.2) is 6.10 Å². The number of nitrogens with zero attached hydrogens (tertiary/aromatic N) is 5. The van der Waals surface area contributed by atoms with Crippen molar-refractivity contribution in [1.29, 1.82) is 0 Å². The molecular weight excluding hydrogens is 582 g/mol. The Kier molecular flexibility index (Phi) is 8.84. The molecule has 1 aliphatic carbocycles. The Morgan fingerprint density at radius 2 is 1.70 bits per heavy atom. The largest absolute Gasteiger partial charge is 0.436 e. The molecule has 1 saturated carbocycles. The summed E-state index contributed by atoms with van der Waals surface area (Å²) in [4.78, 5) is 48.5. The van der Waals surface area contributed by atoms with Crippen molar-refractivity contribution in [2.75, 3.05) is 44.6 Å². The Morgan fingerprint density at radius 1 is 0.935 bits per heavy atom. The number of carbonyl (C=O) groups is 3. The number of piperazine rings is 1. The van der Waals surface area contributed by atoms with Crippen LogP contribution in [0, 0.1) is 6.92 Å². The van der Waals surface area contributed by atoms with Gasteiger partial charge >= 0.3 is 12.1 Å². The number of anilines is 1. The smallest absolute Gasteiger partial charge is 0.410 e. The third-order valence-corrected chi connectivity index (χ3v) is 10.5.